The molecule has 1 atom stereocenters. The molecule has 2 heteroatoms. The molecule has 1 unspecified atom stereocenters. The van der Waals surface area contributed by atoms with Crippen LogP contribution in [0.5, 0.6) is 0 Å². The van der Waals surface area contributed by atoms with Gasteiger partial charge in [0.2, 0.25) is 0 Å². The molecule has 1 fully saturated rings. The maximum atomic E-state index is 12.6. The predicted octanol–water partition coefficient (Wildman–Crippen LogP) is 2.82. The van der Waals surface area contributed by atoms with Crippen molar-refractivity contribution in [3.05, 3.63) is 35.4 Å². The van der Waals surface area contributed by atoms with Crippen LogP contribution in [-0.4, -0.2) is 18.9 Å². The third-order valence-corrected chi connectivity index (χ3v) is 4.00. The minimum atomic E-state index is -0.160. The largest absolute Gasteiger partial charge is 0.316 e. The van der Waals surface area contributed by atoms with Crippen molar-refractivity contribution in [2.45, 2.75) is 33.1 Å². The number of benzene rings is 1. The number of hydrogen-bond donors (Lipinski definition) is 1. The van der Waals surface area contributed by atoms with Gasteiger partial charge < -0.3 is 5.32 Å². The van der Waals surface area contributed by atoms with Gasteiger partial charge in [0, 0.05) is 17.5 Å². The summed E-state index contributed by atoms with van der Waals surface area (Å²) in [5.41, 5.74) is 1.97. The monoisotopic (exact) mass is 231 g/mol. The fourth-order valence-corrected chi connectivity index (χ4v) is 2.64. The zero-order chi connectivity index (χ0) is 12.3. The summed E-state index contributed by atoms with van der Waals surface area (Å²) in [5.74, 6) is 0.320. The van der Waals surface area contributed by atoms with Crippen molar-refractivity contribution in [3.8, 4) is 0 Å². The van der Waals surface area contributed by atoms with Crippen LogP contribution in [0.25, 0.3) is 0 Å². The number of hydrogen-bond acceptors (Lipinski definition) is 2. The SMILES string of the molecule is CCc1cccc(C(=O)C2(CC)CCNC2)c1. The lowest BCUT2D eigenvalue weighted by Crippen LogP contribution is -2.33. The molecule has 0 spiro atoms. The average Bonchev–Trinajstić information content (AvgIpc) is 2.88. The third kappa shape index (κ3) is 2.27. The lowest BCUT2D eigenvalue weighted by atomic mass is 9.77. The minimum Gasteiger partial charge on any atom is -0.316 e. The second-order valence-corrected chi connectivity index (χ2v) is 4.94. The maximum Gasteiger partial charge on any atom is 0.170 e. The molecule has 0 aliphatic carbocycles. The molecule has 1 aromatic carbocycles. The second kappa shape index (κ2) is 5.01. The summed E-state index contributed by atoms with van der Waals surface area (Å²) >= 11 is 0. The van der Waals surface area contributed by atoms with Crippen molar-refractivity contribution in [2.75, 3.05) is 13.1 Å². The van der Waals surface area contributed by atoms with E-state index in [2.05, 4.69) is 31.3 Å². The number of rotatable bonds is 4. The van der Waals surface area contributed by atoms with Crippen LogP contribution in [0.2, 0.25) is 0 Å². The molecule has 92 valence electrons. The molecule has 0 radical (unpaired) electrons. The van der Waals surface area contributed by atoms with Crippen molar-refractivity contribution < 1.29 is 4.79 Å². The fourth-order valence-electron chi connectivity index (χ4n) is 2.64. The van der Waals surface area contributed by atoms with Crippen LogP contribution in [-0.2, 0) is 6.42 Å². The second-order valence-electron chi connectivity index (χ2n) is 4.94. The minimum absolute atomic E-state index is 0.160. The smallest absolute Gasteiger partial charge is 0.170 e. The highest BCUT2D eigenvalue weighted by atomic mass is 16.1. The van der Waals surface area contributed by atoms with E-state index in [9.17, 15) is 4.79 Å². The number of aryl methyl sites for hydroxylation is 1. The molecule has 0 aromatic heterocycles. The van der Waals surface area contributed by atoms with Gasteiger partial charge in [0.15, 0.2) is 5.78 Å². The Balaban J connectivity index is 2.29. The van der Waals surface area contributed by atoms with Crippen LogP contribution in [0, 0.1) is 5.41 Å². The summed E-state index contributed by atoms with van der Waals surface area (Å²) in [4.78, 5) is 12.6. The van der Waals surface area contributed by atoms with Gasteiger partial charge in [-0.1, -0.05) is 32.0 Å². The van der Waals surface area contributed by atoms with Crippen molar-refractivity contribution in [2.24, 2.45) is 5.41 Å². The third-order valence-electron chi connectivity index (χ3n) is 4.00. The Labute approximate surface area is 103 Å². The molecule has 2 nitrogen and oxygen atoms in total. The Morgan fingerprint density at radius 2 is 2.24 bits per heavy atom. The van der Waals surface area contributed by atoms with Gasteiger partial charge in [-0.2, -0.15) is 0 Å². The van der Waals surface area contributed by atoms with Crippen LogP contribution >= 0.6 is 0 Å². The highest BCUT2D eigenvalue weighted by Gasteiger charge is 2.39. The number of nitrogens with one attached hydrogen (secondary N) is 1. The first-order chi connectivity index (χ1) is 8.22. The number of ketones is 1. The van der Waals surface area contributed by atoms with Crippen molar-refractivity contribution in [1.82, 2.24) is 5.32 Å². The van der Waals surface area contributed by atoms with Crippen LogP contribution in [0.4, 0.5) is 0 Å². The lowest BCUT2D eigenvalue weighted by molar-refractivity contribution is 0.0810. The first kappa shape index (κ1) is 12.3. The van der Waals surface area contributed by atoms with E-state index in [1.807, 2.05) is 12.1 Å². The van der Waals surface area contributed by atoms with E-state index >= 15 is 0 Å². The Morgan fingerprint density at radius 1 is 1.41 bits per heavy atom. The Kier molecular flexibility index (Phi) is 3.63. The summed E-state index contributed by atoms with van der Waals surface area (Å²) in [6.07, 6.45) is 2.88. The van der Waals surface area contributed by atoms with E-state index in [1.165, 1.54) is 5.56 Å². The topological polar surface area (TPSA) is 29.1 Å². The molecule has 1 aromatic rings. The zero-order valence-electron chi connectivity index (χ0n) is 10.8. The van der Waals surface area contributed by atoms with E-state index in [1.54, 1.807) is 0 Å². The summed E-state index contributed by atoms with van der Waals surface area (Å²) < 4.78 is 0. The summed E-state index contributed by atoms with van der Waals surface area (Å²) in [6.45, 7) is 6.04. The first-order valence-corrected chi connectivity index (χ1v) is 6.56. The predicted molar refractivity (Wildman–Crippen MR) is 70.4 cm³/mol. The maximum absolute atomic E-state index is 12.6. The quantitative estimate of drug-likeness (QED) is 0.807. The van der Waals surface area contributed by atoms with Crippen molar-refractivity contribution in [1.29, 1.82) is 0 Å². The van der Waals surface area contributed by atoms with E-state index in [-0.39, 0.29) is 5.41 Å². The molecule has 2 rings (SSSR count). The van der Waals surface area contributed by atoms with Gasteiger partial charge in [-0.3, -0.25) is 4.79 Å². The van der Waals surface area contributed by atoms with Gasteiger partial charge in [0.25, 0.3) is 0 Å². The van der Waals surface area contributed by atoms with Gasteiger partial charge in [-0.25, -0.2) is 0 Å². The van der Waals surface area contributed by atoms with Crippen molar-refractivity contribution >= 4 is 5.78 Å². The molecule has 1 aliphatic rings. The average molecular weight is 231 g/mol. The molecular weight excluding hydrogens is 210 g/mol. The molecule has 0 amide bonds. The summed E-state index contributed by atoms with van der Waals surface area (Å²) in [6, 6.07) is 8.09. The molecule has 1 aliphatic heterocycles. The molecule has 1 heterocycles. The summed E-state index contributed by atoms with van der Waals surface area (Å²) in [7, 11) is 0. The van der Waals surface area contributed by atoms with Crippen molar-refractivity contribution in [3.63, 3.8) is 0 Å². The Bertz CT molecular complexity index is 405. The Morgan fingerprint density at radius 3 is 2.82 bits per heavy atom. The van der Waals surface area contributed by atoms with Crippen LogP contribution in [0.1, 0.15) is 42.6 Å². The fraction of sp³-hybridized carbons (Fsp3) is 0.533. The lowest BCUT2D eigenvalue weighted by Gasteiger charge is -2.25. The van der Waals surface area contributed by atoms with Crippen LogP contribution in [0.3, 0.4) is 0 Å². The molecule has 0 bridgehead atoms. The number of Topliss-reactive ketones (excluding diaryl/α,β-unsaturated/α-hetero) is 1. The van der Waals surface area contributed by atoms with Gasteiger partial charge in [-0.05, 0) is 37.4 Å². The van der Waals surface area contributed by atoms with Gasteiger partial charge in [0.05, 0.1) is 0 Å². The van der Waals surface area contributed by atoms with Gasteiger partial charge in [0.1, 0.15) is 0 Å². The van der Waals surface area contributed by atoms with E-state index in [4.69, 9.17) is 0 Å². The molecule has 0 saturated carbocycles. The van der Waals surface area contributed by atoms with Crippen LogP contribution in [0.15, 0.2) is 24.3 Å². The van der Waals surface area contributed by atoms with Crippen LogP contribution < -0.4 is 5.32 Å². The molecule has 1 N–H and O–H groups in total. The highest BCUT2D eigenvalue weighted by molar-refractivity contribution is 6.01. The standard InChI is InChI=1S/C15H21NO/c1-3-12-6-5-7-13(10-12)14(17)15(4-2)8-9-16-11-15/h5-7,10,16H,3-4,8-9,11H2,1-2H3. The van der Waals surface area contributed by atoms with E-state index in [0.29, 0.717) is 5.78 Å². The van der Waals surface area contributed by atoms with Gasteiger partial charge in [-0.15, -0.1) is 0 Å². The van der Waals surface area contributed by atoms with E-state index < -0.39 is 0 Å². The number of carbonyl (C=O) groups excluding carboxylic acids is 1. The van der Waals surface area contributed by atoms with E-state index in [0.717, 1.165) is 37.9 Å². The zero-order valence-corrected chi connectivity index (χ0v) is 10.8. The molecule has 17 heavy (non-hydrogen) atoms. The Hall–Kier alpha value is -1.15. The summed E-state index contributed by atoms with van der Waals surface area (Å²) in [5, 5.41) is 3.32. The van der Waals surface area contributed by atoms with Gasteiger partial charge >= 0.3 is 0 Å². The number of carbonyl (C=O) groups is 1. The molecule has 1 saturated heterocycles. The highest BCUT2D eigenvalue weighted by Crippen LogP contribution is 2.33. The first-order valence-electron chi connectivity index (χ1n) is 6.56. The normalized spacial score (nSPS) is 23.9. The molecular formula is C15H21NO.